The molecule has 0 spiro atoms. The van der Waals surface area contributed by atoms with Crippen LogP contribution in [-0.2, 0) is 10.0 Å². The van der Waals surface area contributed by atoms with E-state index in [9.17, 15) is 26.4 Å². The Morgan fingerprint density at radius 2 is 1.94 bits per heavy atom. The van der Waals surface area contributed by atoms with Gasteiger partial charge in [-0.05, 0) is 38.5 Å². The second kappa shape index (κ2) is 8.88. The second-order valence-electron chi connectivity index (χ2n) is 8.54. The molecule has 2 aromatic rings. The van der Waals surface area contributed by atoms with Crippen molar-refractivity contribution in [1.82, 2.24) is 14.9 Å². The van der Waals surface area contributed by atoms with Crippen LogP contribution in [0.3, 0.4) is 0 Å². The van der Waals surface area contributed by atoms with Crippen LogP contribution in [-0.4, -0.2) is 67.1 Å². The Hall–Kier alpha value is -2.77. The monoisotopic (exact) mass is 486 g/mol. The molecule has 0 aromatic carbocycles. The lowest BCUT2D eigenvalue weighted by atomic mass is 9.98. The molecule has 3 rings (SSSR count). The summed E-state index contributed by atoms with van der Waals surface area (Å²) in [5, 5.41) is 7.31. The average molecular weight is 487 g/mol. The highest BCUT2D eigenvalue weighted by molar-refractivity contribution is 7.89. The fraction of sp³-hybridized carbons (Fsp3) is 0.450. The number of carbonyl (C=O) groups is 1. The SMILES string of the molecule is Cc1cnc(N2CCN(CC(F)(F)F)C(C)(C)C2)c(C(=O)Nc2ccnc(S(N)(=O)=O)c2)c1. The minimum absolute atomic E-state index is 0.144. The number of amides is 1. The number of pyridine rings is 2. The van der Waals surface area contributed by atoms with E-state index in [1.54, 1.807) is 37.9 Å². The van der Waals surface area contributed by atoms with Crippen molar-refractivity contribution >= 4 is 27.4 Å². The number of hydrogen-bond acceptors (Lipinski definition) is 7. The van der Waals surface area contributed by atoms with Crippen molar-refractivity contribution in [1.29, 1.82) is 0 Å². The largest absolute Gasteiger partial charge is 0.401 e. The van der Waals surface area contributed by atoms with Crippen LogP contribution in [0.25, 0.3) is 0 Å². The van der Waals surface area contributed by atoms with Crippen molar-refractivity contribution in [2.24, 2.45) is 5.14 Å². The Kier molecular flexibility index (Phi) is 6.69. The molecule has 1 aliphatic rings. The van der Waals surface area contributed by atoms with Crippen molar-refractivity contribution in [2.75, 3.05) is 36.4 Å². The van der Waals surface area contributed by atoms with Gasteiger partial charge in [0.05, 0.1) is 12.1 Å². The first-order valence-corrected chi connectivity index (χ1v) is 11.5. The van der Waals surface area contributed by atoms with E-state index in [2.05, 4.69) is 15.3 Å². The summed E-state index contributed by atoms with van der Waals surface area (Å²) in [7, 11) is -4.06. The van der Waals surface area contributed by atoms with Gasteiger partial charge >= 0.3 is 6.18 Å². The molecule has 0 radical (unpaired) electrons. The van der Waals surface area contributed by atoms with Crippen LogP contribution >= 0.6 is 0 Å². The predicted molar refractivity (Wildman–Crippen MR) is 116 cm³/mol. The molecular weight excluding hydrogens is 461 g/mol. The lowest BCUT2D eigenvalue weighted by Crippen LogP contribution is -2.61. The van der Waals surface area contributed by atoms with E-state index in [1.165, 1.54) is 17.2 Å². The number of halogens is 3. The minimum atomic E-state index is -4.31. The lowest BCUT2D eigenvalue weighted by Gasteiger charge is -2.48. The fourth-order valence-electron chi connectivity index (χ4n) is 3.70. The molecule has 0 aliphatic carbocycles. The summed E-state index contributed by atoms with van der Waals surface area (Å²) in [5.41, 5.74) is 0.272. The summed E-state index contributed by atoms with van der Waals surface area (Å²) < 4.78 is 61.9. The summed E-state index contributed by atoms with van der Waals surface area (Å²) in [6.45, 7) is 4.78. The first-order valence-electron chi connectivity index (χ1n) is 9.99. The van der Waals surface area contributed by atoms with Crippen molar-refractivity contribution in [3.63, 3.8) is 0 Å². The summed E-state index contributed by atoms with van der Waals surface area (Å²) in [6, 6.07) is 4.16. The van der Waals surface area contributed by atoms with Gasteiger partial charge in [-0.3, -0.25) is 9.69 Å². The number of aromatic nitrogens is 2. The number of aryl methyl sites for hydroxylation is 1. The number of alkyl halides is 3. The topological polar surface area (TPSA) is 122 Å². The van der Waals surface area contributed by atoms with E-state index in [4.69, 9.17) is 5.14 Å². The van der Waals surface area contributed by atoms with Crippen LogP contribution < -0.4 is 15.4 Å². The highest BCUT2D eigenvalue weighted by Gasteiger charge is 2.41. The zero-order valence-electron chi connectivity index (χ0n) is 18.3. The molecule has 1 amide bonds. The van der Waals surface area contributed by atoms with E-state index in [0.29, 0.717) is 11.4 Å². The molecule has 2 aromatic heterocycles. The van der Waals surface area contributed by atoms with Crippen LogP contribution in [0, 0.1) is 6.92 Å². The minimum Gasteiger partial charge on any atom is -0.353 e. The Balaban J connectivity index is 1.86. The number of anilines is 2. The number of primary sulfonamides is 1. The van der Waals surface area contributed by atoms with Crippen molar-refractivity contribution in [3.8, 4) is 0 Å². The zero-order chi connectivity index (χ0) is 24.6. The first-order chi connectivity index (χ1) is 15.2. The molecule has 180 valence electrons. The van der Waals surface area contributed by atoms with Crippen LogP contribution in [0.4, 0.5) is 24.7 Å². The van der Waals surface area contributed by atoms with Crippen molar-refractivity contribution < 1.29 is 26.4 Å². The predicted octanol–water partition coefficient (Wildman–Crippen LogP) is 2.15. The van der Waals surface area contributed by atoms with E-state index >= 15 is 0 Å². The van der Waals surface area contributed by atoms with Crippen LogP contribution in [0.5, 0.6) is 0 Å². The van der Waals surface area contributed by atoms with Gasteiger partial charge in [0.2, 0.25) is 0 Å². The van der Waals surface area contributed by atoms with Gasteiger partial charge < -0.3 is 10.2 Å². The van der Waals surface area contributed by atoms with Gasteiger partial charge in [0, 0.05) is 49.3 Å². The standard InChI is InChI=1S/C20H25F3N6O3S/c1-13-8-15(18(30)27-14-4-5-25-16(9-14)33(24,31)32)17(26-10-13)28-6-7-29(12-20(21,22)23)19(2,3)11-28/h4-5,8-10H,6-7,11-12H2,1-3H3,(H2,24,31,32)(H,25,27,30). The maximum absolute atomic E-state index is 13.1. The number of nitrogens with one attached hydrogen (secondary N) is 1. The summed E-state index contributed by atoms with van der Waals surface area (Å²) >= 11 is 0. The van der Waals surface area contributed by atoms with Gasteiger partial charge in [-0.25, -0.2) is 23.5 Å². The number of carbonyl (C=O) groups excluding carboxylic acids is 1. The number of nitrogens with two attached hydrogens (primary N) is 1. The van der Waals surface area contributed by atoms with Crippen molar-refractivity contribution in [2.45, 2.75) is 37.5 Å². The smallest absolute Gasteiger partial charge is 0.353 e. The van der Waals surface area contributed by atoms with Gasteiger partial charge in [-0.1, -0.05) is 0 Å². The molecule has 3 N–H and O–H groups in total. The molecule has 9 nitrogen and oxygen atoms in total. The molecule has 33 heavy (non-hydrogen) atoms. The maximum atomic E-state index is 13.1. The average Bonchev–Trinajstić information content (AvgIpc) is 2.68. The second-order valence-corrected chi connectivity index (χ2v) is 10.0. The van der Waals surface area contributed by atoms with Gasteiger partial charge in [0.1, 0.15) is 5.82 Å². The summed E-state index contributed by atoms with van der Waals surface area (Å²) in [6.07, 6.45) is -1.53. The highest BCUT2D eigenvalue weighted by atomic mass is 32.2. The third kappa shape index (κ3) is 6.18. The molecule has 0 bridgehead atoms. The number of hydrogen-bond donors (Lipinski definition) is 2. The van der Waals surface area contributed by atoms with E-state index in [1.807, 2.05) is 0 Å². The lowest BCUT2D eigenvalue weighted by molar-refractivity contribution is -0.158. The molecule has 3 heterocycles. The quantitative estimate of drug-likeness (QED) is 0.664. The molecule has 13 heteroatoms. The molecule has 1 fully saturated rings. The summed E-state index contributed by atoms with van der Waals surface area (Å²) in [5.74, 6) is -0.221. The van der Waals surface area contributed by atoms with E-state index < -0.39 is 39.2 Å². The van der Waals surface area contributed by atoms with Crippen LogP contribution in [0.15, 0.2) is 35.6 Å². The van der Waals surface area contributed by atoms with Gasteiger partial charge in [-0.15, -0.1) is 0 Å². The van der Waals surface area contributed by atoms with Gasteiger partial charge in [0.15, 0.2) is 5.03 Å². The third-order valence-electron chi connectivity index (χ3n) is 5.28. The van der Waals surface area contributed by atoms with Gasteiger partial charge in [-0.2, -0.15) is 13.2 Å². The summed E-state index contributed by atoms with van der Waals surface area (Å²) in [4.78, 5) is 24.3. The molecule has 0 saturated carbocycles. The normalized spacial score (nSPS) is 17.1. The Bertz CT molecular complexity index is 1150. The molecular formula is C20H25F3N6O3S. The zero-order valence-corrected chi connectivity index (χ0v) is 19.2. The number of nitrogens with zero attached hydrogens (tertiary/aromatic N) is 4. The number of rotatable bonds is 5. The first kappa shape index (κ1) is 24.9. The fourth-order valence-corrected chi connectivity index (χ4v) is 4.20. The van der Waals surface area contributed by atoms with Crippen LogP contribution in [0.2, 0.25) is 0 Å². The van der Waals surface area contributed by atoms with E-state index in [-0.39, 0.29) is 30.9 Å². The van der Waals surface area contributed by atoms with Crippen molar-refractivity contribution in [3.05, 3.63) is 41.7 Å². The Labute approximate surface area is 189 Å². The maximum Gasteiger partial charge on any atom is 0.401 e. The third-order valence-corrected chi connectivity index (χ3v) is 6.08. The Morgan fingerprint density at radius 1 is 1.24 bits per heavy atom. The number of sulfonamides is 1. The molecule has 1 saturated heterocycles. The van der Waals surface area contributed by atoms with Crippen LogP contribution in [0.1, 0.15) is 29.8 Å². The number of piperazine rings is 1. The molecule has 0 unspecified atom stereocenters. The molecule has 0 atom stereocenters. The molecule has 1 aliphatic heterocycles. The van der Waals surface area contributed by atoms with Gasteiger partial charge in [0.25, 0.3) is 15.9 Å². The Morgan fingerprint density at radius 3 is 2.55 bits per heavy atom. The highest BCUT2D eigenvalue weighted by Crippen LogP contribution is 2.30. The van der Waals surface area contributed by atoms with E-state index in [0.717, 1.165) is 6.07 Å².